The second-order valence-corrected chi connectivity index (χ2v) is 9.53. The Morgan fingerprint density at radius 1 is 0.267 bits per heavy atom. The van der Waals surface area contributed by atoms with Crippen molar-refractivity contribution >= 4 is 0 Å². The molecule has 0 nitrogen and oxygen atoms in total. The van der Waals surface area contributed by atoms with Crippen LogP contribution >= 0.6 is 0 Å². The molecule has 2 radical (unpaired) electrons. The summed E-state index contributed by atoms with van der Waals surface area (Å²) in [6.07, 6.45) is 41.2. The van der Waals surface area contributed by atoms with E-state index in [0.717, 1.165) is 12.8 Å². The highest BCUT2D eigenvalue weighted by Crippen LogP contribution is 2.14. The summed E-state index contributed by atoms with van der Waals surface area (Å²) in [5, 5.41) is 0. The normalized spacial score (nSPS) is 11.7. The van der Waals surface area contributed by atoms with Crippen LogP contribution in [0.25, 0.3) is 0 Å². The van der Waals surface area contributed by atoms with Gasteiger partial charge in [-0.3, -0.25) is 0 Å². The van der Waals surface area contributed by atoms with Crippen molar-refractivity contribution in [2.24, 2.45) is 0 Å². The molecule has 30 heavy (non-hydrogen) atoms. The van der Waals surface area contributed by atoms with E-state index in [1.807, 2.05) is 0 Å². The fourth-order valence-corrected chi connectivity index (χ4v) is 4.30. The Kier molecular flexibility index (Phi) is 28.5. The Labute approximate surface area is 193 Å². The highest BCUT2D eigenvalue weighted by atomic mass is 14.0. The molecule has 0 atom stereocenters. The molecule has 0 aliphatic heterocycles. The highest BCUT2D eigenvalue weighted by Gasteiger charge is 1.94. The van der Waals surface area contributed by atoms with Gasteiger partial charge >= 0.3 is 0 Å². The molecule has 0 saturated carbocycles. The number of unbranched alkanes of at least 4 members (excludes halogenated alkanes) is 24. The van der Waals surface area contributed by atoms with E-state index in [1.165, 1.54) is 154 Å². The second-order valence-electron chi connectivity index (χ2n) is 9.53. The number of hydrogen-bond acceptors (Lipinski definition) is 0. The van der Waals surface area contributed by atoms with Crippen molar-refractivity contribution in [2.75, 3.05) is 0 Å². The smallest absolute Gasteiger partial charge is 0.0351 e. The molecule has 0 rings (SSSR count). The zero-order valence-corrected chi connectivity index (χ0v) is 21.0. The summed E-state index contributed by atoms with van der Waals surface area (Å²) in [6, 6.07) is 0. The minimum absolute atomic E-state index is 1.12. The Balaban J connectivity index is 3.06. The van der Waals surface area contributed by atoms with Gasteiger partial charge in [0.25, 0.3) is 0 Å². The molecule has 0 aromatic heterocycles. The quantitative estimate of drug-likeness (QED) is 0.0967. The molecule has 0 aromatic carbocycles. The van der Waals surface area contributed by atoms with Gasteiger partial charge in [0.05, 0.1) is 0 Å². The van der Waals surface area contributed by atoms with Crippen LogP contribution in [0.15, 0.2) is 12.2 Å². The molecule has 0 heteroatoms. The molecule has 0 amide bonds. The van der Waals surface area contributed by atoms with E-state index in [4.69, 9.17) is 0 Å². The van der Waals surface area contributed by atoms with Crippen LogP contribution in [0.5, 0.6) is 0 Å². The van der Waals surface area contributed by atoms with Crippen LogP contribution in [-0.4, -0.2) is 0 Å². The Morgan fingerprint density at radius 3 is 0.700 bits per heavy atom. The van der Waals surface area contributed by atoms with Crippen molar-refractivity contribution in [3.05, 3.63) is 26.0 Å². The summed E-state index contributed by atoms with van der Waals surface area (Å²) >= 11 is 0. The van der Waals surface area contributed by atoms with E-state index in [1.54, 1.807) is 0 Å². The molecule has 0 saturated heterocycles. The topological polar surface area (TPSA) is 0 Å². The molecular weight excluding hydrogens is 360 g/mol. The maximum atomic E-state index is 3.91. The van der Waals surface area contributed by atoms with E-state index in [-0.39, 0.29) is 0 Å². The second kappa shape index (κ2) is 28.7. The lowest BCUT2D eigenvalue weighted by Crippen LogP contribution is -1.83. The SMILES string of the molecule is [CH2]CCCCCCCCCCCCCC=CCCCCCCCCCCCCC[CH2]. The van der Waals surface area contributed by atoms with Crippen molar-refractivity contribution in [3.63, 3.8) is 0 Å². The van der Waals surface area contributed by atoms with E-state index < -0.39 is 0 Å². The average molecular weight is 419 g/mol. The van der Waals surface area contributed by atoms with Gasteiger partial charge in [0, 0.05) is 0 Å². The van der Waals surface area contributed by atoms with Crippen LogP contribution < -0.4 is 0 Å². The molecule has 0 N–H and O–H groups in total. The van der Waals surface area contributed by atoms with Crippen LogP contribution in [-0.2, 0) is 0 Å². The van der Waals surface area contributed by atoms with E-state index in [0.29, 0.717) is 0 Å². The zero-order valence-electron chi connectivity index (χ0n) is 21.0. The average Bonchev–Trinajstić information content (AvgIpc) is 2.76. The summed E-state index contributed by atoms with van der Waals surface area (Å²) < 4.78 is 0. The number of hydrogen-bond donors (Lipinski definition) is 0. The Hall–Kier alpha value is -0.260. The van der Waals surface area contributed by atoms with Gasteiger partial charge in [-0.05, 0) is 25.7 Å². The van der Waals surface area contributed by atoms with E-state index in [2.05, 4.69) is 26.0 Å². The van der Waals surface area contributed by atoms with Gasteiger partial charge in [-0.25, -0.2) is 0 Å². The fourth-order valence-electron chi connectivity index (χ4n) is 4.30. The third-order valence-corrected chi connectivity index (χ3v) is 6.41. The molecule has 0 fully saturated rings. The minimum atomic E-state index is 1.12. The van der Waals surface area contributed by atoms with Crippen LogP contribution in [0, 0.1) is 13.8 Å². The minimum Gasteiger partial charge on any atom is -0.0885 e. The molecule has 178 valence electrons. The molecular formula is C30H58. The first-order valence-electron chi connectivity index (χ1n) is 14.1. The standard InChI is InChI=1S/C30H58/c1-3-5-7-9-11-13-15-17-19-21-23-25-27-29-30-28-26-24-22-20-18-16-14-12-10-8-6-4-2/h29-30H,1-28H2. The molecule has 0 unspecified atom stereocenters. The van der Waals surface area contributed by atoms with E-state index >= 15 is 0 Å². The Bertz CT molecular complexity index is 273. The number of allylic oxidation sites excluding steroid dienone is 2. The van der Waals surface area contributed by atoms with Gasteiger partial charge in [-0.2, -0.15) is 0 Å². The van der Waals surface area contributed by atoms with Crippen molar-refractivity contribution in [2.45, 2.75) is 167 Å². The predicted octanol–water partition coefficient (Wildman–Crippen LogP) is 11.4. The lowest BCUT2D eigenvalue weighted by molar-refractivity contribution is 0.546. The van der Waals surface area contributed by atoms with Crippen LogP contribution in [0.1, 0.15) is 167 Å². The van der Waals surface area contributed by atoms with Gasteiger partial charge in [-0.1, -0.05) is 167 Å². The third-order valence-electron chi connectivity index (χ3n) is 6.41. The predicted molar refractivity (Wildman–Crippen MR) is 140 cm³/mol. The summed E-state index contributed by atoms with van der Waals surface area (Å²) in [7, 11) is 0. The summed E-state index contributed by atoms with van der Waals surface area (Å²) in [4.78, 5) is 0. The van der Waals surface area contributed by atoms with Gasteiger partial charge in [0.15, 0.2) is 0 Å². The number of rotatable bonds is 26. The third kappa shape index (κ3) is 27.7. The van der Waals surface area contributed by atoms with E-state index in [9.17, 15) is 0 Å². The first-order valence-corrected chi connectivity index (χ1v) is 14.1. The van der Waals surface area contributed by atoms with Gasteiger partial charge in [0.1, 0.15) is 0 Å². The molecule has 0 heterocycles. The lowest BCUT2D eigenvalue weighted by Gasteiger charge is -2.02. The van der Waals surface area contributed by atoms with Crippen LogP contribution in [0.2, 0.25) is 0 Å². The first kappa shape index (κ1) is 29.7. The van der Waals surface area contributed by atoms with Gasteiger partial charge in [-0.15, -0.1) is 0 Å². The fraction of sp³-hybridized carbons (Fsp3) is 0.867. The van der Waals surface area contributed by atoms with Crippen LogP contribution in [0.4, 0.5) is 0 Å². The lowest BCUT2D eigenvalue weighted by atomic mass is 10.0. The first-order chi connectivity index (χ1) is 14.9. The molecule has 0 aliphatic rings. The largest absolute Gasteiger partial charge is 0.0885 e. The summed E-state index contributed by atoms with van der Waals surface area (Å²) in [6.45, 7) is 7.82. The molecule has 0 bridgehead atoms. The maximum Gasteiger partial charge on any atom is -0.0351 e. The molecule has 0 aliphatic carbocycles. The summed E-state index contributed by atoms with van der Waals surface area (Å²) in [5.74, 6) is 0. The monoisotopic (exact) mass is 418 g/mol. The highest BCUT2D eigenvalue weighted by molar-refractivity contribution is 4.81. The van der Waals surface area contributed by atoms with Crippen molar-refractivity contribution < 1.29 is 0 Å². The van der Waals surface area contributed by atoms with Crippen LogP contribution in [0.3, 0.4) is 0 Å². The van der Waals surface area contributed by atoms with Crippen molar-refractivity contribution in [3.8, 4) is 0 Å². The Morgan fingerprint density at radius 2 is 0.467 bits per heavy atom. The van der Waals surface area contributed by atoms with Gasteiger partial charge < -0.3 is 0 Å². The zero-order chi connectivity index (χ0) is 21.8. The maximum absolute atomic E-state index is 3.91. The van der Waals surface area contributed by atoms with Crippen molar-refractivity contribution in [1.29, 1.82) is 0 Å². The summed E-state index contributed by atoms with van der Waals surface area (Å²) in [5.41, 5.74) is 0. The molecule has 0 spiro atoms. The molecule has 0 aromatic rings. The van der Waals surface area contributed by atoms with Crippen molar-refractivity contribution in [1.82, 2.24) is 0 Å². The van der Waals surface area contributed by atoms with Gasteiger partial charge in [0.2, 0.25) is 0 Å².